The first-order valence-corrected chi connectivity index (χ1v) is 4.13. The molecule has 1 heterocycles. The molecule has 1 fully saturated rings. The monoisotopic (exact) mass is 179 g/mol. The van der Waals surface area contributed by atoms with E-state index in [1.807, 2.05) is 25.2 Å². The molecule has 0 aromatic rings. The molecule has 3 nitrogen and oxygen atoms in total. The van der Waals surface area contributed by atoms with Gasteiger partial charge in [-0.05, 0) is 12.5 Å². The first kappa shape index (κ1) is 9.58. The number of cyclic esters (lactones) is 1. The van der Waals surface area contributed by atoms with Gasteiger partial charge in [-0.3, -0.25) is 0 Å². The van der Waals surface area contributed by atoms with E-state index in [0.717, 1.165) is 5.57 Å². The van der Waals surface area contributed by atoms with Gasteiger partial charge in [0, 0.05) is 0 Å². The van der Waals surface area contributed by atoms with Crippen LogP contribution in [0.4, 0.5) is 4.79 Å². The van der Waals surface area contributed by atoms with E-state index >= 15 is 0 Å². The summed E-state index contributed by atoms with van der Waals surface area (Å²) in [5, 5.41) is 2.69. The fraction of sp³-hybridized carbons (Fsp3) is 0.300. The third kappa shape index (κ3) is 2.78. The van der Waals surface area contributed by atoms with Crippen molar-refractivity contribution in [3.63, 3.8) is 0 Å². The van der Waals surface area contributed by atoms with Gasteiger partial charge in [-0.25, -0.2) is 4.79 Å². The van der Waals surface area contributed by atoms with Crippen LogP contribution < -0.4 is 5.32 Å². The maximum absolute atomic E-state index is 10.7. The highest BCUT2D eigenvalue weighted by Gasteiger charge is 2.22. The summed E-state index contributed by atoms with van der Waals surface area (Å²) in [4.78, 5) is 10.7. The highest BCUT2D eigenvalue weighted by molar-refractivity contribution is 5.70. The van der Waals surface area contributed by atoms with Gasteiger partial charge in [0.2, 0.25) is 0 Å². The molecule has 1 atom stereocenters. The third-order valence-corrected chi connectivity index (χ3v) is 1.83. The molecule has 0 unspecified atom stereocenters. The number of allylic oxidation sites excluding steroid dienone is 4. The molecule has 0 aromatic carbocycles. The van der Waals surface area contributed by atoms with Crippen LogP contribution in [0, 0.1) is 0 Å². The summed E-state index contributed by atoms with van der Waals surface area (Å²) in [7, 11) is 0. The van der Waals surface area contributed by atoms with E-state index in [1.54, 1.807) is 6.08 Å². The Kier molecular flexibility index (Phi) is 3.31. The number of ether oxygens (including phenoxy) is 1. The Morgan fingerprint density at radius 3 is 3.00 bits per heavy atom. The molecule has 13 heavy (non-hydrogen) atoms. The summed E-state index contributed by atoms with van der Waals surface area (Å²) in [5.74, 6) is 0. The quantitative estimate of drug-likeness (QED) is 0.671. The van der Waals surface area contributed by atoms with Crippen LogP contribution in [-0.4, -0.2) is 18.7 Å². The Morgan fingerprint density at radius 2 is 2.46 bits per heavy atom. The Bertz CT molecular complexity index is 266. The topological polar surface area (TPSA) is 38.3 Å². The van der Waals surface area contributed by atoms with Crippen molar-refractivity contribution in [3.8, 4) is 0 Å². The molecular weight excluding hydrogens is 166 g/mol. The smallest absolute Gasteiger partial charge is 0.407 e. The number of hydrogen-bond donors (Lipinski definition) is 1. The summed E-state index contributed by atoms with van der Waals surface area (Å²) >= 11 is 0. The lowest BCUT2D eigenvalue weighted by Gasteiger charge is -2.05. The largest absolute Gasteiger partial charge is 0.447 e. The number of carbonyl (C=O) groups excluding carboxylic acids is 1. The molecule has 0 radical (unpaired) electrons. The minimum absolute atomic E-state index is 0.0157. The minimum atomic E-state index is -0.342. The number of amides is 1. The number of alkyl carbamates (subject to hydrolysis) is 1. The van der Waals surface area contributed by atoms with Gasteiger partial charge >= 0.3 is 6.09 Å². The van der Waals surface area contributed by atoms with Gasteiger partial charge in [-0.15, -0.1) is 0 Å². The van der Waals surface area contributed by atoms with E-state index in [0.29, 0.717) is 6.61 Å². The van der Waals surface area contributed by atoms with Crippen LogP contribution in [0.1, 0.15) is 6.92 Å². The highest BCUT2D eigenvalue weighted by Crippen LogP contribution is 2.07. The average Bonchev–Trinajstić information content (AvgIpc) is 2.52. The molecule has 1 amide bonds. The molecule has 0 spiro atoms. The van der Waals surface area contributed by atoms with E-state index in [2.05, 4.69) is 11.9 Å². The van der Waals surface area contributed by atoms with Crippen LogP contribution >= 0.6 is 0 Å². The lowest BCUT2D eigenvalue weighted by Crippen LogP contribution is -2.26. The molecule has 1 saturated heterocycles. The van der Waals surface area contributed by atoms with E-state index < -0.39 is 0 Å². The SMILES string of the molecule is C=C/C=C\C=C(/C)[C@H]1COC(=O)N1. The first-order chi connectivity index (χ1) is 6.24. The Hall–Kier alpha value is -1.51. The van der Waals surface area contributed by atoms with Crippen molar-refractivity contribution in [2.75, 3.05) is 6.61 Å². The van der Waals surface area contributed by atoms with E-state index in [4.69, 9.17) is 4.74 Å². The maximum atomic E-state index is 10.7. The van der Waals surface area contributed by atoms with Crippen molar-refractivity contribution in [3.05, 3.63) is 36.5 Å². The Morgan fingerprint density at radius 1 is 1.69 bits per heavy atom. The second-order valence-corrected chi connectivity index (χ2v) is 2.83. The van der Waals surface area contributed by atoms with Crippen molar-refractivity contribution in [1.82, 2.24) is 5.32 Å². The normalized spacial score (nSPS) is 23.0. The van der Waals surface area contributed by atoms with Crippen LogP contribution in [0.5, 0.6) is 0 Å². The lowest BCUT2D eigenvalue weighted by atomic mass is 10.1. The Labute approximate surface area is 77.8 Å². The third-order valence-electron chi connectivity index (χ3n) is 1.83. The molecule has 1 rings (SSSR count). The lowest BCUT2D eigenvalue weighted by molar-refractivity contribution is 0.177. The van der Waals surface area contributed by atoms with Gasteiger partial charge in [-0.2, -0.15) is 0 Å². The second-order valence-electron chi connectivity index (χ2n) is 2.83. The van der Waals surface area contributed by atoms with Gasteiger partial charge in [0.15, 0.2) is 0 Å². The summed E-state index contributed by atoms with van der Waals surface area (Å²) in [5.41, 5.74) is 1.07. The van der Waals surface area contributed by atoms with Crippen LogP contribution in [-0.2, 0) is 4.74 Å². The summed E-state index contributed by atoms with van der Waals surface area (Å²) in [6.07, 6.45) is 7.01. The summed E-state index contributed by atoms with van der Waals surface area (Å²) in [6, 6.07) is 0.0157. The van der Waals surface area contributed by atoms with Crippen molar-refractivity contribution in [1.29, 1.82) is 0 Å². The molecule has 70 valence electrons. The molecule has 1 N–H and O–H groups in total. The summed E-state index contributed by atoms with van der Waals surface area (Å²) < 4.78 is 4.76. The molecule has 0 aliphatic carbocycles. The minimum Gasteiger partial charge on any atom is -0.447 e. The second kappa shape index (κ2) is 4.50. The van der Waals surface area contributed by atoms with Crippen molar-refractivity contribution in [2.45, 2.75) is 13.0 Å². The van der Waals surface area contributed by atoms with E-state index in [1.165, 1.54) is 0 Å². The summed E-state index contributed by atoms with van der Waals surface area (Å²) in [6.45, 7) is 5.93. The van der Waals surface area contributed by atoms with Gasteiger partial charge in [0.05, 0.1) is 6.04 Å². The van der Waals surface area contributed by atoms with E-state index in [9.17, 15) is 4.79 Å². The van der Waals surface area contributed by atoms with Crippen LogP contribution in [0.2, 0.25) is 0 Å². The maximum Gasteiger partial charge on any atom is 0.407 e. The van der Waals surface area contributed by atoms with Crippen LogP contribution in [0.3, 0.4) is 0 Å². The van der Waals surface area contributed by atoms with Gasteiger partial charge in [-0.1, -0.05) is 30.9 Å². The van der Waals surface area contributed by atoms with E-state index in [-0.39, 0.29) is 12.1 Å². The number of nitrogens with one attached hydrogen (secondary N) is 1. The van der Waals surface area contributed by atoms with Crippen molar-refractivity contribution < 1.29 is 9.53 Å². The van der Waals surface area contributed by atoms with Gasteiger partial charge in [0.1, 0.15) is 6.61 Å². The van der Waals surface area contributed by atoms with Crippen molar-refractivity contribution in [2.24, 2.45) is 0 Å². The van der Waals surface area contributed by atoms with Crippen LogP contribution in [0.25, 0.3) is 0 Å². The molecule has 1 aliphatic rings. The predicted octanol–water partition coefficient (Wildman–Crippen LogP) is 1.78. The first-order valence-electron chi connectivity index (χ1n) is 4.13. The molecule has 0 saturated carbocycles. The molecular formula is C10H13NO2. The fourth-order valence-corrected chi connectivity index (χ4v) is 1.03. The molecule has 1 aliphatic heterocycles. The average molecular weight is 179 g/mol. The molecule has 0 aromatic heterocycles. The fourth-order valence-electron chi connectivity index (χ4n) is 1.03. The van der Waals surface area contributed by atoms with Crippen LogP contribution in [0.15, 0.2) is 36.5 Å². The molecule has 3 heteroatoms. The highest BCUT2D eigenvalue weighted by atomic mass is 16.6. The zero-order valence-electron chi connectivity index (χ0n) is 7.62. The Balaban J connectivity index is 2.51. The number of rotatable bonds is 3. The van der Waals surface area contributed by atoms with Gasteiger partial charge in [0.25, 0.3) is 0 Å². The number of carbonyl (C=O) groups is 1. The molecule has 0 bridgehead atoms. The zero-order valence-corrected chi connectivity index (χ0v) is 7.62. The number of hydrogen-bond acceptors (Lipinski definition) is 2. The standard InChI is InChI=1S/C10H13NO2/c1-3-4-5-6-8(2)9-7-13-10(12)11-9/h3-6,9H,1,7H2,2H3,(H,11,12)/b5-4-,8-6+/t9-/m1/s1. The van der Waals surface area contributed by atoms with Gasteiger partial charge < -0.3 is 10.1 Å². The van der Waals surface area contributed by atoms with Crippen molar-refractivity contribution >= 4 is 6.09 Å². The predicted molar refractivity (Wildman–Crippen MR) is 51.4 cm³/mol. The zero-order chi connectivity index (χ0) is 9.68.